The summed E-state index contributed by atoms with van der Waals surface area (Å²) in [5.41, 5.74) is 6.75. The summed E-state index contributed by atoms with van der Waals surface area (Å²) in [5, 5.41) is 13.6. The van der Waals surface area contributed by atoms with Crippen LogP contribution < -0.4 is 5.32 Å². The Balaban J connectivity index is 1.26. The third-order valence-electron chi connectivity index (χ3n) is 6.75. The van der Waals surface area contributed by atoms with E-state index in [1.807, 2.05) is 30.3 Å². The number of nitrogens with one attached hydrogen (secondary N) is 3. The number of aromatic nitrogens is 6. The molecule has 0 spiro atoms. The highest BCUT2D eigenvalue weighted by Gasteiger charge is 2.25. The monoisotopic (exact) mass is 491 g/mol. The van der Waals surface area contributed by atoms with Crippen LogP contribution in [0.2, 0.25) is 0 Å². The number of para-hydroxylation sites is 1. The molecular formula is C27H21N7OS. The molecule has 1 aliphatic carbocycles. The number of fused-ring (bicyclic) bond motifs is 2. The second-order valence-corrected chi connectivity index (χ2v) is 9.98. The van der Waals surface area contributed by atoms with Crippen molar-refractivity contribution in [1.29, 1.82) is 0 Å². The summed E-state index contributed by atoms with van der Waals surface area (Å²) in [4.78, 5) is 30.9. The van der Waals surface area contributed by atoms with E-state index in [2.05, 4.69) is 48.0 Å². The molecule has 1 amide bonds. The van der Waals surface area contributed by atoms with E-state index in [9.17, 15) is 4.79 Å². The van der Waals surface area contributed by atoms with Crippen LogP contribution in [0.5, 0.6) is 0 Å². The molecule has 3 N–H and O–H groups in total. The molecular weight excluding hydrogens is 470 g/mol. The zero-order chi connectivity index (χ0) is 24.1. The molecule has 0 radical (unpaired) electrons. The molecule has 1 aromatic carbocycles. The highest BCUT2D eigenvalue weighted by Crippen LogP contribution is 2.34. The molecule has 1 fully saturated rings. The normalized spacial score (nSPS) is 13.8. The lowest BCUT2D eigenvalue weighted by molar-refractivity contribution is -0.122. The fourth-order valence-corrected chi connectivity index (χ4v) is 5.35. The maximum Gasteiger partial charge on any atom is 0.227 e. The van der Waals surface area contributed by atoms with E-state index in [0.717, 1.165) is 63.7 Å². The Morgan fingerprint density at radius 1 is 1.06 bits per heavy atom. The van der Waals surface area contributed by atoms with Crippen molar-refractivity contribution < 1.29 is 4.79 Å². The topological polar surface area (TPSA) is 112 Å². The predicted octanol–water partition coefficient (Wildman–Crippen LogP) is 6.03. The maximum absolute atomic E-state index is 12.4. The smallest absolute Gasteiger partial charge is 0.227 e. The van der Waals surface area contributed by atoms with Crippen LogP contribution in [0.3, 0.4) is 0 Å². The van der Waals surface area contributed by atoms with Crippen molar-refractivity contribution >= 4 is 44.9 Å². The summed E-state index contributed by atoms with van der Waals surface area (Å²) in [7, 11) is 0. The first-order valence-electron chi connectivity index (χ1n) is 11.9. The molecule has 5 heterocycles. The van der Waals surface area contributed by atoms with E-state index in [1.165, 1.54) is 4.88 Å². The molecule has 9 heteroatoms. The van der Waals surface area contributed by atoms with Gasteiger partial charge in [0, 0.05) is 33.5 Å². The molecule has 0 aliphatic heterocycles. The number of amides is 1. The van der Waals surface area contributed by atoms with Crippen LogP contribution >= 0.6 is 11.3 Å². The molecule has 0 atom stereocenters. The Morgan fingerprint density at radius 2 is 2.00 bits per heavy atom. The van der Waals surface area contributed by atoms with Crippen LogP contribution in [0.4, 0.5) is 5.69 Å². The molecule has 1 aliphatic rings. The van der Waals surface area contributed by atoms with E-state index in [1.54, 1.807) is 29.9 Å². The number of hydrogen-bond donors (Lipinski definition) is 3. The minimum absolute atomic E-state index is 0.0625. The summed E-state index contributed by atoms with van der Waals surface area (Å²) in [6.45, 7) is 0. The fraction of sp³-hybridized carbons (Fsp3) is 0.148. The average molecular weight is 492 g/mol. The van der Waals surface area contributed by atoms with E-state index in [4.69, 9.17) is 4.98 Å². The van der Waals surface area contributed by atoms with Gasteiger partial charge in [-0.2, -0.15) is 5.10 Å². The Hall–Kier alpha value is -4.37. The molecule has 176 valence electrons. The standard InChI is InChI=1S/C27H21N7OS/c35-27(15-4-1-5-15)30-17-10-16(12-28-13-17)21-11-19-22(14-29-21)33-34-25(19)26-31-20-7-2-6-18(24(20)32-26)23-8-3-9-36-23/h2-3,6-15H,1,4-5H2,(H,30,35)(H,31,32)(H,33,34). The second kappa shape index (κ2) is 8.39. The SMILES string of the molecule is O=C(Nc1cncc(-c2cc3c(-c4nc5c(-c6cccs6)cccc5[nH]4)n[nH]c3cn2)c1)C1CCC1. The summed E-state index contributed by atoms with van der Waals surface area (Å²) in [5.74, 6) is 0.866. The third-order valence-corrected chi connectivity index (χ3v) is 7.65. The van der Waals surface area contributed by atoms with Crippen LogP contribution in [0.25, 0.3) is 55.2 Å². The quantitative estimate of drug-likeness (QED) is 0.273. The molecule has 7 rings (SSSR count). The molecule has 0 saturated heterocycles. The van der Waals surface area contributed by atoms with Gasteiger partial charge in [-0.3, -0.25) is 19.9 Å². The van der Waals surface area contributed by atoms with Crippen molar-refractivity contribution in [1.82, 2.24) is 30.1 Å². The third kappa shape index (κ3) is 3.56. The van der Waals surface area contributed by atoms with Gasteiger partial charge in [0.25, 0.3) is 0 Å². The lowest BCUT2D eigenvalue weighted by Gasteiger charge is -2.24. The van der Waals surface area contributed by atoms with Gasteiger partial charge >= 0.3 is 0 Å². The van der Waals surface area contributed by atoms with Gasteiger partial charge < -0.3 is 10.3 Å². The Labute approximate surface area is 209 Å². The average Bonchev–Trinajstić information content (AvgIpc) is 3.61. The van der Waals surface area contributed by atoms with Crippen LogP contribution in [-0.2, 0) is 4.79 Å². The summed E-state index contributed by atoms with van der Waals surface area (Å²) in [6, 6.07) is 14.2. The lowest BCUT2D eigenvalue weighted by atomic mass is 9.85. The van der Waals surface area contributed by atoms with Gasteiger partial charge in [0.2, 0.25) is 5.91 Å². The number of anilines is 1. The lowest BCUT2D eigenvalue weighted by Crippen LogP contribution is -2.28. The zero-order valence-corrected chi connectivity index (χ0v) is 20.0. The molecule has 36 heavy (non-hydrogen) atoms. The number of imidazole rings is 1. The fourth-order valence-electron chi connectivity index (χ4n) is 4.59. The van der Waals surface area contributed by atoms with E-state index in [-0.39, 0.29) is 11.8 Å². The van der Waals surface area contributed by atoms with Crippen molar-refractivity contribution in [2.24, 2.45) is 5.92 Å². The van der Waals surface area contributed by atoms with Crippen LogP contribution in [0.15, 0.2) is 66.4 Å². The first-order chi connectivity index (χ1) is 17.7. The van der Waals surface area contributed by atoms with Gasteiger partial charge in [0.05, 0.1) is 40.3 Å². The van der Waals surface area contributed by atoms with Crippen LogP contribution in [0, 0.1) is 5.92 Å². The largest absolute Gasteiger partial charge is 0.337 e. The van der Waals surface area contributed by atoms with E-state index >= 15 is 0 Å². The summed E-state index contributed by atoms with van der Waals surface area (Å²) >= 11 is 1.69. The number of aromatic amines is 2. The number of nitrogens with zero attached hydrogens (tertiary/aromatic N) is 4. The summed E-state index contributed by atoms with van der Waals surface area (Å²) in [6.07, 6.45) is 8.21. The first kappa shape index (κ1) is 21.0. The van der Waals surface area contributed by atoms with Gasteiger partial charge in [-0.15, -0.1) is 11.3 Å². The number of hydrogen-bond acceptors (Lipinski definition) is 6. The van der Waals surface area contributed by atoms with Gasteiger partial charge in [-0.1, -0.05) is 24.6 Å². The molecule has 5 aromatic heterocycles. The molecule has 1 saturated carbocycles. The van der Waals surface area contributed by atoms with Gasteiger partial charge in [-0.25, -0.2) is 4.98 Å². The molecule has 8 nitrogen and oxygen atoms in total. The molecule has 6 aromatic rings. The number of H-pyrrole nitrogens is 2. The number of thiophene rings is 1. The first-order valence-corrected chi connectivity index (χ1v) is 12.7. The van der Waals surface area contributed by atoms with Crippen molar-refractivity contribution in [2.75, 3.05) is 5.32 Å². The van der Waals surface area contributed by atoms with E-state index < -0.39 is 0 Å². The highest BCUT2D eigenvalue weighted by molar-refractivity contribution is 7.13. The predicted molar refractivity (Wildman–Crippen MR) is 141 cm³/mol. The van der Waals surface area contributed by atoms with Crippen molar-refractivity contribution in [3.8, 4) is 33.2 Å². The Kier molecular flexibility index (Phi) is 4.88. The van der Waals surface area contributed by atoms with Crippen molar-refractivity contribution in [3.63, 3.8) is 0 Å². The van der Waals surface area contributed by atoms with Crippen LogP contribution in [0.1, 0.15) is 19.3 Å². The molecule has 0 bridgehead atoms. The Morgan fingerprint density at radius 3 is 2.83 bits per heavy atom. The number of carbonyl (C=O) groups excluding carboxylic acids is 1. The minimum Gasteiger partial charge on any atom is -0.337 e. The number of rotatable bonds is 5. The van der Waals surface area contributed by atoms with E-state index in [0.29, 0.717) is 11.5 Å². The molecule has 0 unspecified atom stereocenters. The van der Waals surface area contributed by atoms with Gasteiger partial charge in [-0.05, 0) is 42.5 Å². The van der Waals surface area contributed by atoms with Crippen molar-refractivity contribution in [2.45, 2.75) is 19.3 Å². The zero-order valence-electron chi connectivity index (χ0n) is 19.2. The summed E-state index contributed by atoms with van der Waals surface area (Å²) < 4.78 is 0. The van der Waals surface area contributed by atoms with Crippen molar-refractivity contribution in [3.05, 3.63) is 66.4 Å². The second-order valence-electron chi connectivity index (χ2n) is 9.03. The minimum atomic E-state index is 0.0625. The number of pyridine rings is 2. The number of benzene rings is 1. The van der Waals surface area contributed by atoms with Gasteiger partial charge in [0.15, 0.2) is 5.82 Å². The Bertz CT molecular complexity index is 1730. The highest BCUT2D eigenvalue weighted by atomic mass is 32.1. The van der Waals surface area contributed by atoms with Gasteiger partial charge in [0.1, 0.15) is 5.69 Å². The number of carbonyl (C=O) groups is 1. The maximum atomic E-state index is 12.4. The van der Waals surface area contributed by atoms with Crippen LogP contribution in [-0.4, -0.2) is 36.0 Å².